The highest BCUT2D eigenvalue weighted by atomic mass is 35.5. The molecule has 0 fully saturated rings. The lowest BCUT2D eigenvalue weighted by molar-refractivity contribution is 0.0945. The average molecular weight is 264 g/mol. The van der Waals surface area contributed by atoms with Gasteiger partial charge in [0.2, 0.25) is 0 Å². The first-order chi connectivity index (χ1) is 7.54. The molecule has 0 bridgehead atoms. The van der Waals surface area contributed by atoms with Crippen molar-refractivity contribution in [3.05, 3.63) is 34.6 Å². The molecule has 0 spiro atoms. The maximum Gasteiger partial charge on any atom is 0.254 e. The van der Waals surface area contributed by atoms with Gasteiger partial charge in [-0.05, 0) is 24.1 Å². The van der Waals surface area contributed by atoms with E-state index in [4.69, 9.17) is 23.2 Å². The third-order valence-corrected chi connectivity index (χ3v) is 2.81. The van der Waals surface area contributed by atoms with Crippen LogP contribution in [0.3, 0.4) is 0 Å². The van der Waals surface area contributed by atoms with E-state index in [0.717, 1.165) is 6.07 Å². The van der Waals surface area contributed by atoms with Crippen molar-refractivity contribution in [2.45, 2.75) is 6.92 Å². The molecular formula is C11H12Cl2FNO. The third kappa shape index (κ3) is 3.65. The van der Waals surface area contributed by atoms with Crippen molar-refractivity contribution in [3.63, 3.8) is 0 Å². The van der Waals surface area contributed by atoms with Crippen LogP contribution in [0.5, 0.6) is 0 Å². The molecule has 0 saturated heterocycles. The Morgan fingerprint density at radius 1 is 1.56 bits per heavy atom. The summed E-state index contributed by atoms with van der Waals surface area (Å²) in [7, 11) is 0. The molecule has 0 saturated carbocycles. The van der Waals surface area contributed by atoms with Gasteiger partial charge in [0.15, 0.2) is 0 Å². The minimum Gasteiger partial charge on any atom is -0.352 e. The quantitative estimate of drug-likeness (QED) is 0.832. The van der Waals surface area contributed by atoms with Crippen LogP contribution in [-0.2, 0) is 0 Å². The molecule has 88 valence electrons. The topological polar surface area (TPSA) is 29.1 Å². The number of halogens is 3. The fourth-order valence-corrected chi connectivity index (χ4v) is 1.36. The van der Waals surface area contributed by atoms with Crippen molar-refractivity contribution in [1.82, 2.24) is 5.32 Å². The van der Waals surface area contributed by atoms with Gasteiger partial charge in [0.25, 0.3) is 5.91 Å². The first-order valence-electron chi connectivity index (χ1n) is 4.83. The van der Waals surface area contributed by atoms with Gasteiger partial charge in [-0.15, -0.1) is 11.6 Å². The van der Waals surface area contributed by atoms with E-state index >= 15 is 0 Å². The van der Waals surface area contributed by atoms with Gasteiger partial charge in [-0.3, -0.25) is 4.79 Å². The second-order valence-electron chi connectivity index (χ2n) is 3.59. The Morgan fingerprint density at radius 2 is 2.25 bits per heavy atom. The second kappa shape index (κ2) is 6.06. The molecule has 1 N–H and O–H groups in total. The van der Waals surface area contributed by atoms with E-state index in [-0.39, 0.29) is 16.5 Å². The van der Waals surface area contributed by atoms with Gasteiger partial charge in [0.05, 0.1) is 5.56 Å². The summed E-state index contributed by atoms with van der Waals surface area (Å²) in [6, 6.07) is 3.95. The minimum absolute atomic E-state index is 0.00817. The van der Waals surface area contributed by atoms with E-state index in [0.29, 0.717) is 12.4 Å². The van der Waals surface area contributed by atoms with E-state index < -0.39 is 11.7 Å². The summed E-state index contributed by atoms with van der Waals surface area (Å²) in [6.45, 7) is 2.32. The number of benzene rings is 1. The monoisotopic (exact) mass is 263 g/mol. The van der Waals surface area contributed by atoms with E-state index in [9.17, 15) is 9.18 Å². The molecule has 0 aliphatic rings. The summed E-state index contributed by atoms with van der Waals surface area (Å²) in [5, 5.41) is 2.87. The highest BCUT2D eigenvalue weighted by Crippen LogP contribution is 2.14. The van der Waals surface area contributed by atoms with E-state index in [1.54, 1.807) is 0 Å². The molecule has 1 atom stereocenters. The molecule has 0 aliphatic carbocycles. The van der Waals surface area contributed by atoms with Crippen LogP contribution in [0.4, 0.5) is 4.39 Å². The van der Waals surface area contributed by atoms with Crippen LogP contribution in [0.25, 0.3) is 0 Å². The summed E-state index contributed by atoms with van der Waals surface area (Å²) in [4.78, 5) is 11.6. The van der Waals surface area contributed by atoms with Crippen LogP contribution < -0.4 is 5.32 Å². The number of hydrogen-bond acceptors (Lipinski definition) is 1. The number of hydrogen-bond donors (Lipinski definition) is 1. The van der Waals surface area contributed by atoms with Crippen LogP contribution >= 0.6 is 23.2 Å². The molecule has 1 aromatic rings. The van der Waals surface area contributed by atoms with Gasteiger partial charge in [0.1, 0.15) is 5.82 Å². The zero-order chi connectivity index (χ0) is 12.1. The average Bonchev–Trinajstić information content (AvgIpc) is 2.25. The summed E-state index contributed by atoms with van der Waals surface area (Å²) in [5.74, 6) is -0.473. The Kier molecular flexibility index (Phi) is 5.03. The van der Waals surface area contributed by atoms with E-state index in [2.05, 4.69) is 5.32 Å². The lowest BCUT2D eigenvalue weighted by atomic mass is 10.1. The summed E-state index contributed by atoms with van der Waals surface area (Å²) in [6.07, 6.45) is 0. The molecule has 0 heterocycles. The largest absolute Gasteiger partial charge is 0.352 e. The van der Waals surface area contributed by atoms with Crippen molar-refractivity contribution < 1.29 is 9.18 Å². The van der Waals surface area contributed by atoms with Crippen LogP contribution in [0, 0.1) is 11.7 Å². The predicted molar refractivity (Wildman–Crippen MR) is 63.6 cm³/mol. The zero-order valence-electron chi connectivity index (χ0n) is 8.77. The fraction of sp³-hybridized carbons (Fsp3) is 0.364. The van der Waals surface area contributed by atoms with Crippen LogP contribution in [0.1, 0.15) is 17.3 Å². The molecule has 0 aliphatic heterocycles. The van der Waals surface area contributed by atoms with Crippen molar-refractivity contribution in [2.75, 3.05) is 12.4 Å². The number of alkyl halides is 1. The van der Waals surface area contributed by atoms with Crippen molar-refractivity contribution in [2.24, 2.45) is 5.92 Å². The number of rotatable bonds is 4. The minimum atomic E-state index is -0.622. The predicted octanol–water partition coefficient (Wildman–Crippen LogP) is 3.08. The summed E-state index contributed by atoms with van der Waals surface area (Å²) >= 11 is 11.2. The first-order valence-corrected chi connectivity index (χ1v) is 5.75. The number of amides is 1. The Hall–Kier alpha value is -0.800. The molecule has 1 amide bonds. The van der Waals surface area contributed by atoms with Crippen LogP contribution in [0.2, 0.25) is 5.02 Å². The Bertz CT molecular complexity index is 384. The summed E-state index contributed by atoms with van der Waals surface area (Å²) < 4.78 is 13.3. The normalized spacial score (nSPS) is 12.2. The molecule has 1 aromatic carbocycles. The van der Waals surface area contributed by atoms with Crippen molar-refractivity contribution in [3.8, 4) is 0 Å². The van der Waals surface area contributed by atoms with Crippen molar-refractivity contribution in [1.29, 1.82) is 0 Å². The Balaban J connectivity index is 2.66. The lowest BCUT2D eigenvalue weighted by Crippen LogP contribution is -2.29. The molecule has 1 rings (SSSR count). The molecule has 0 aromatic heterocycles. The van der Waals surface area contributed by atoms with Gasteiger partial charge in [-0.2, -0.15) is 0 Å². The molecule has 16 heavy (non-hydrogen) atoms. The smallest absolute Gasteiger partial charge is 0.254 e. The lowest BCUT2D eigenvalue weighted by Gasteiger charge is -2.09. The molecule has 1 unspecified atom stereocenters. The maximum atomic E-state index is 13.3. The van der Waals surface area contributed by atoms with E-state index in [1.807, 2.05) is 6.92 Å². The van der Waals surface area contributed by atoms with Crippen LogP contribution in [-0.4, -0.2) is 18.3 Å². The number of carbonyl (C=O) groups excluding carboxylic acids is 1. The maximum absolute atomic E-state index is 13.3. The highest BCUT2D eigenvalue weighted by Gasteiger charge is 2.12. The molecule has 2 nitrogen and oxygen atoms in total. The molecule has 0 radical (unpaired) electrons. The van der Waals surface area contributed by atoms with Gasteiger partial charge >= 0.3 is 0 Å². The zero-order valence-corrected chi connectivity index (χ0v) is 10.3. The number of carbonyl (C=O) groups is 1. The molecule has 5 heteroatoms. The Labute approximate surface area is 104 Å². The van der Waals surface area contributed by atoms with Gasteiger partial charge in [0, 0.05) is 17.4 Å². The fourth-order valence-electron chi connectivity index (χ4n) is 1.09. The SMILES string of the molecule is CC(CCl)CNC(=O)c1ccc(Cl)cc1F. The van der Waals surface area contributed by atoms with Gasteiger partial charge in [-0.25, -0.2) is 4.39 Å². The Morgan fingerprint density at radius 3 is 2.81 bits per heavy atom. The second-order valence-corrected chi connectivity index (χ2v) is 4.34. The first kappa shape index (κ1) is 13.3. The van der Waals surface area contributed by atoms with Gasteiger partial charge in [-0.1, -0.05) is 18.5 Å². The summed E-state index contributed by atoms with van der Waals surface area (Å²) in [5.41, 5.74) is -0.00817. The molecular weight excluding hydrogens is 252 g/mol. The van der Waals surface area contributed by atoms with Crippen molar-refractivity contribution >= 4 is 29.1 Å². The highest BCUT2D eigenvalue weighted by molar-refractivity contribution is 6.30. The standard InChI is InChI=1S/C11H12Cl2FNO/c1-7(5-12)6-15-11(16)9-3-2-8(13)4-10(9)14/h2-4,7H,5-6H2,1H3,(H,15,16). The number of nitrogens with one attached hydrogen (secondary N) is 1. The van der Waals surface area contributed by atoms with Gasteiger partial charge < -0.3 is 5.32 Å². The van der Waals surface area contributed by atoms with Crippen LogP contribution in [0.15, 0.2) is 18.2 Å². The third-order valence-electron chi connectivity index (χ3n) is 2.05. The van der Waals surface area contributed by atoms with E-state index in [1.165, 1.54) is 12.1 Å².